The molecule has 0 bridgehead atoms. The minimum absolute atomic E-state index is 0.111. The first kappa shape index (κ1) is 18.4. The summed E-state index contributed by atoms with van der Waals surface area (Å²) in [5.41, 5.74) is 1.76. The molecule has 3 heterocycles. The Balaban J connectivity index is 1.67. The Kier molecular flexibility index (Phi) is 4.97. The van der Waals surface area contributed by atoms with Gasteiger partial charge in [-0.1, -0.05) is 29.8 Å². The van der Waals surface area contributed by atoms with Gasteiger partial charge in [-0.25, -0.2) is 9.78 Å². The van der Waals surface area contributed by atoms with Crippen LogP contribution in [0.1, 0.15) is 27.7 Å². The molecule has 1 aliphatic rings. The Morgan fingerprint density at radius 3 is 2.82 bits per heavy atom. The Labute approximate surface area is 166 Å². The van der Waals surface area contributed by atoms with Crippen LogP contribution in [0.5, 0.6) is 0 Å². The Bertz CT molecular complexity index is 1060. The van der Waals surface area contributed by atoms with E-state index in [9.17, 15) is 9.59 Å². The number of aromatic nitrogens is 4. The van der Waals surface area contributed by atoms with Crippen LogP contribution in [0.3, 0.4) is 0 Å². The molecule has 1 amide bonds. The second-order valence-electron chi connectivity index (χ2n) is 6.57. The number of benzene rings is 1. The van der Waals surface area contributed by atoms with Crippen molar-refractivity contribution < 1.29 is 4.79 Å². The van der Waals surface area contributed by atoms with E-state index in [-0.39, 0.29) is 17.5 Å². The quantitative estimate of drug-likeness (QED) is 0.700. The Hall–Kier alpha value is -2.97. The lowest BCUT2D eigenvalue weighted by atomic mass is 10.0. The van der Waals surface area contributed by atoms with Crippen molar-refractivity contribution in [3.05, 3.63) is 74.8 Å². The molecule has 1 aromatic carbocycles. The third kappa shape index (κ3) is 3.32. The van der Waals surface area contributed by atoms with Gasteiger partial charge in [0.2, 0.25) is 0 Å². The van der Waals surface area contributed by atoms with Gasteiger partial charge in [0.15, 0.2) is 5.82 Å². The van der Waals surface area contributed by atoms with E-state index in [4.69, 9.17) is 11.6 Å². The number of hydrogen-bond acceptors (Lipinski definition) is 5. The highest BCUT2D eigenvalue weighted by atomic mass is 35.5. The van der Waals surface area contributed by atoms with Gasteiger partial charge in [-0.3, -0.25) is 9.59 Å². The molecule has 8 nitrogen and oxygen atoms in total. The SMILES string of the molecule is Cc1c(C(=O)N2CCNCC2c2ccccc2Cl)cnn1-c1ccc(=O)[nH]n1. The van der Waals surface area contributed by atoms with Gasteiger partial charge in [0, 0.05) is 30.7 Å². The molecule has 2 N–H and O–H groups in total. The van der Waals surface area contributed by atoms with Gasteiger partial charge in [0.25, 0.3) is 11.5 Å². The number of piperazine rings is 1. The number of H-pyrrole nitrogens is 1. The zero-order valence-corrected chi connectivity index (χ0v) is 16.0. The summed E-state index contributed by atoms with van der Waals surface area (Å²) in [5.74, 6) is 0.332. The molecule has 28 heavy (non-hydrogen) atoms. The van der Waals surface area contributed by atoms with Crippen LogP contribution in [-0.2, 0) is 0 Å². The van der Waals surface area contributed by atoms with E-state index in [1.165, 1.54) is 16.9 Å². The van der Waals surface area contributed by atoms with Crippen molar-refractivity contribution >= 4 is 17.5 Å². The van der Waals surface area contributed by atoms with E-state index in [0.717, 1.165) is 5.56 Å². The molecule has 0 saturated carbocycles. The number of amides is 1. The number of hydrogen-bond donors (Lipinski definition) is 2. The number of carbonyl (C=O) groups excluding carboxylic acids is 1. The summed E-state index contributed by atoms with van der Waals surface area (Å²) in [5, 5.41) is 14.6. The summed E-state index contributed by atoms with van der Waals surface area (Å²) in [7, 11) is 0. The molecule has 3 aromatic rings. The Morgan fingerprint density at radius 2 is 2.07 bits per heavy atom. The van der Waals surface area contributed by atoms with Crippen molar-refractivity contribution in [2.24, 2.45) is 0 Å². The van der Waals surface area contributed by atoms with Crippen LogP contribution < -0.4 is 10.9 Å². The van der Waals surface area contributed by atoms with Crippen molar-refractivity contribution in [3.8, 4) is 5.82 Å². The molecule has 2 aromatic heterocycles. The van der Waals surface area contributed by atoms with Crippen LogP contribution in [0.4, 0.5) is 0 Å². The van der Waals surface area contributed by atoms with Gasteiger partial charge >= 0.3 is 0 Å². The average molecular weight is 399 g/mol. The third-order valence-corrected chi connectivity index (χ3v) is 5.23. The molecule has 1 aliphatic heterocycles. The third-order valence-electron chi connectivity index (χ3n) is 4.89. The van der Waals surface area contributed by atoms with E-state index in [2.05, 4.69) is 20.6 Å². The fraction of sp³-hybridized carbons (Fsp3) is 0.263. The summed E-state index contributed by atoms with van der Waals surface area (Å²) in [4.78, 5) is 26.4. The number of nitrogens with one attached hydrogen (secondary N) is 2. The topological polar surface area (TPSA) is 95.9 Å². The normalized spacial score (nSPS) is 16.9. The molecular formula is C19H19ClN6O2. The number of nitrogens with zero attached hydrogens (tertiary/aromatic N) is 4. The lowest BCUT2D eigenvalue weighted by molar-refractivity contribution is 0.0633. The average Bonchev–Trinajstić information content (AvgIpc) is 3.10. The molecule has 0 aliphatic carbocycles. The van der Waals surface area contributed by atoms with Crippen LogP contribution >= 0.6 is 11.6 Å². The van der Waals surface area contributed by atoms with Crippen molar-refractivity contribution in [3.63, 3.8) is 0 Å². The zero-order valence-electron chi connectivity index (χ0n) is 15.2. The van der Waals surface area contributed by atoms with Gasteiger partial charge in [0.05, 0.1) is 23.5 Å². The van der Waals surface area contributed by atoms with Crippen molar-refractivity contribution in [2.45, 2.75) is 13.0 Å². The highest BCUT2D eigenvalue weighted by molar-refractivity contribution is 6.31. The first-order valence-electron chi connectivity index (χ1n) is 8.93. The summed E-state index contributed by atoms with van der Waals surface area (Å²) >= 11 is 6.38. The molecule has 144 valence electrons. The first-order chi connectivity index (χ1) is 13.6. The molecule has 9 heteroatoms. The van der Waals surface area contributed by atoms with Gasteiger partial charge in [-0.15, -0.1) is 0 Å². The minimum Gasteiger partial charge on any atom is -0.329 e. The monoisotopic (exact) mass is 398 g/mol. The molecule has 0 radical (unpaired) electrons. The van der Waals surface area contributed by atoms with Crippen LogP contribution in [0.2, 0.25) is 5.02 Å². The maximum Gasteiger partial charge on any atom is 0.264 e. The number of halogens is 1. The predicted molar refractivity (Wildman–Crippen MR) is 105 cm³/mol. The van der Waals surface area contributed by atoms with Gasteiger partial charge in [-0.05, 0) is 24.6 Å². The van der Waals surface area contributed by atoms with Crippen LogP contribution in [0, 0.1) is 6.92 Å². The number of aromatic amines is 1. The maximum absolute atomic E-state index is 13.3. The van der Waals surface area contributed by atoms with E-state index >= 15 is 0 Å². The molecule has 1 fully saturated rings. The smallest absolute Gasteiger partial charge is 0.264 e. The summed E-state index contributed by atoms with van der Waals surface area (Å²) < 4.78 is 1.54. The molecule has 1 saturated heterocycles. The molecule has 1 unspecified atom stereocenters. The fourth-order valence-corrected chi connectivity index (χ4v) is 3.69. The van der Waals surface area contributed by atoms with Gasteiger partial charge < -0.3 is 10.2 Å². The lowest BCUT2D eigenvalue weighted by Crippen LogP contribution is -2.48. The Morgan fingerprint density at radius 1 is 1.25 bits per heavy atom. The summed E-state index contributed by atoms with van der Waals surface area (Å²) in [6, 6.07) is 10.3. The summed E-state index contributed by atoms with van der Waals surface area (Å²) in [6.45, 7) is 3.71. The molecule has 1 atom stereocenters. The molecule has 4 rings (SSSR count). The second-order valence-corrected chi connectivity index (χ2v) is 6.98. The largest absolute Gasteiger partial charge is 0.329 e. The van der Waals surface area contributed by atoms with E-state index in [0.29, 0.717) is 41.7 Å². The predicted octanol–water partition coefficient (Wildman–Crippen LogP) is 1.70. The lowest BCUT2D eigenvalue weighted by Gasteiger charge is -2.37. The molecule has 0 spiro atoms. The van der Waals surface area contributed by atoms with Crippen molar-refractivity contribution in [1.29, 1.82) is 0 Å². The molecular weight excluding hydrogens is 380 g/mol. The highest BCUT2D eigenvalue weighted by Gasteiger charge is 2.31. The van der Waals surface area contributed by atoms with E-state index in [1.54, 1.807) is 13.0 Å². The van der Waals surface area contributed by atoms with Crippen molar-refractivity contribution in [1.82, 2.24) is 30.2 Å². The summed E-state index contributed by atoms with van der Waals surface area (Å²) in [6.07, 6.45) is 1.54. The van der Waals surface area contributed by atoms with Gasteiger partial charge in [0.1, 0.15) is 0 Å². The van der Waals surface area contributed by atoms with Crippen LogP contribution in [0.15, 0.2) is 47.4 Å². The van der Waals surface area contributed by atoms with Gasteiger partial charge in [-0.2, -0.15) is 10.2 Å². The second kappa shape index (κ2) is 7.57. The number of rotatable bonds is 3. The highest BCUT2D eigenvalue weighted by Crippen LogP contribution is 2.30. The van der Waals surface area contributed by atoms with Crippen molar-refractivity contribution in [2.75, 3.05) is 19.6 Å². The van der Waals surface area contributed by atoms with Crippen LogP contribution in [0.25, 0.3) is 5.82 Å². The minimum atomic E-state index is -0.298. The maximum atomic E-state index is 13.3. The van der Waals surface area contributed by atoms with Crippen LogP contribution in [-0.4, -0.2) is 50.4 Å². The van der Waals surface area contributed by atoms with E-state index in [1.807, 2.05) is 29.2 Å². The fourth-order valence-electron chi connectivity index (χ4n) is 3.43. The van der Waals surface area contributed by atoms with E-state index < -0.39 is 0 Å². The zero-order chi connectivity index (χ0) is 19.7. The number of carbonyl (C=O) groups is 1. The first-order valence-corrected chi connectivity index (χ1v) is 9.31. The standard InChI is InChI=1S/C19H19ClN6O2/c1-12-14(10-22-26(12)17-6-7-18(27)24-23-17)19(28)25-9-8-21-11-16(25)13-4-2-3-5-15(13)20/h2-7,10,16,21H,8-9,11H2,1H3,(H,24,27).